The van der Waals surface area contributed by atoms with E-state index in [0.29, 0.717) is 16.8 Å². The van der Waals surface area contributed by atoms with E-state index in [2.05, 4.69) is 10.4 Å². The quantitative estimate of drug-likeness (QED) is 0.276. The van der Waals surface area contributed by atoms with Crippen LogP contribution in [0.5, 0.6) is 11.5 Å². The van der Waals surface area contributed by atoms with Crippen molar-refractivity contribution in [1.29, 1.82) is 0 Å². The minimum atomic E-state index is -4.67. The molecule has 10 heteroatoms. The zero-order valence-corrected chi connectivity index (χ0v) is 21.3. The van der Waals surface area contributed by atoms with Gasteiger partial charge in [0, 0.05) is 29.1 Å². The van der Waals surface area contributed by atoms with Crippen molar-refractivity contribution in [1.82, 2.24) is 9.78 Å². The number of methoxy groups -OCH3 is 2. The van der Waals surface area contributed by atoms with Crippen molar-refractivity contribution in [2.75, 3.05) is 26.1 Å². The molecule has 2 heterocycles. The van der Waals surface area contributed by atoms with E-state index in [1.807, 2.05) is 37.3 Å². The Morgan fingerprint density at radius 3 is 2.53 bits per heavy atom. The van der Waals surface area contributed by atoms with Gasteiger partial charge in [0.25, 0.3) is 0 Å². The molecule has 0 saturated carbocycles. The molecule has 4 aromatic rings. The molecular weight excluding hydrogens is 502 g/mol. The van der Waals surface area contributed by atoms with Crippen molar-refractivity contribution >= 4 is 16.6 Å². The van der Waals surface area contributed by atoms with Gasteiger partial charge in [0.05, 0.1) is 43.8 Å². The second-order valence-corrected chi connectivity index (χ2v) is 9.70. The Balaban J connectivity index is 1.45. The number of benzene rings is 3. The fraction of sp³-hybridized carbons (Fsp3) is 0.321. The van der Waals surface area contributed by atoms with Crippen molar-refractivity contribution < 1.29 is 31.8 Å². The largest absolute Gasteiger partial charge is 0.497 e. The highest BCUT2D eigenvalue weighted by Crippen LogP contribution is 2.57. The maximum atomic E-state index is 14.4. The van der Waals surface area contributed by atoms with E-state index < -0.39 is 36.2 Å². The number of nitrogens with zero attached hydrogens (tertiary/aromatic N) is 2. The lowest BCUT2D eigenvalue weighted by atomic mass is 9.75. The number of rotatable bonds is 7. The zero-order valence-electron chi connectivity index (χ0n) is 21.3. The van der Waals surface area contributed by atoms with E-state index >= 15 is 0 Å². The number of aromatic nitrogens is 2. The molecule has 1 aromatic heterocycles. The summed E-state index contributed by atoms with van der Waals surface area (Å²) in [6.07, 6.45) is -3.47. The van der Waals surface area contributed by atoms with Gasteiger partial charge in [0.1, 0.15) is 17.3 Å². The molecular formula is C28H27F4N3O3. The SMILES string of the molecule is COc1cccc(-n2ncc3c(NCC4(C(F)(F)F)CC(C)(c5cc(F)ccc5OC)O4)cc(C)cc32)c1. The molecule has 200 valence electrons. The number of alkyl halides is 3. The molecule has 1 saturated heterocycles. The Labute approximate surface area is 217 Å². The molecule has 1 N–H and O–H groups in total. The molecule has 38 heavy (non-hydrogen) atoms. The molecule has 0 spiro atoms. The van der Waals surface area contributed by atoms with Gasteiger partial charge in [-0.3, -0.25) is 0 Å². The first-order valence-corrected chi connectivity index (χ1v) is 12.0. The van der Waals surface area contributed by atoms with Crippen LogP contribution >= 0.6 is 0 Å². The molecule has 0 amide bonds. The van der Waals surface area contributed by atoms with Gasteiger partial charge in [-0.05, 0) is 61.9 Å². The van der Waals surface area contributed by atoms with Crippen LogP contribution in [0.2, 0.25) is 0 Å². The lowest BCUT2D eigenvalue weighted by Crippen LogP contribution is -2.67. The summed E-state index contributed by atoms with van der Waals surface area (Å²) >= 11 is 0. The molecule has 0 bridgehead atoms. The summed E-state index contributed by atoms with van der Waals surface area (Å²) in [5, 5.41) is 8.10. The van der Waals surface area contributed by atoms with E-state index in [9.17, 15) is 17.6 Å². The molecule has 2 atom stereocenters. The number of hydrogen-bond acceptors (Lipinski definition) is 5. The number of nitrogens with one attached hydrogen (secondary N) is 1. The summed E-state index contributed by atoms with van der Waals surface area (Å²) in [4.78, 5) is 0. The van der Waals surface area contributed by atoms with Crippen molar-refractivity contribution in [3.8, 4) is 17.2 Å². The van der Waals surface area contributed by atoms with Gasteiger partial charge < -0.3 is 19.5 Å². The summed E-state index contributed by atoms with van der Waals surface area (Å²) in [6, 6.07) is 14.8. The maximum Gasteiger partial charge on any atom is 0.419 e. The molecule has 1 aliphatic heterocycles. The molecule has 5 rings (SSSR count). The van der Waals surface area contributed by atoms with E-state index in [1.165, 1.54) is 26.2 Å². The zero-order chi connectivity index (χ0) is 27.3. The third-order valence-corrected chi connectivity index (χ3v) is 6.99. The second-order valence-electron chi connectivity index (χ2n) is 9.70. The monoisotopic (exact) mass is 529 g/mol. The second kappa shape index (κ2) is 9.20. The first kappa shape index (κ1) is 25.8. The minimum Gasteiger partial charge on any atom is -0.497 e. The summed E-state index contributed by atoms with van der Waals surface area (Å²) in [5.41, 5.74) is -0.789. The van der Waals surface area contributed by atoms with E-state index in [4.69, 9.17) is 14.2 Å². The Kier molecular flexibility index (Phi) is 6.25. The van der Waals surface area contributed by atoms with Crippen molar-refractivity contribution in [2.24, 2.45) is 0 Å². The molecule has 0 radical (unpaired) electrons. The van der Waals surface area contributed by atoms with Crippen molar-refractivity contribution in [3.63, 3.8) is 0 Å². The molecule has 0 aliphatic carbocycles. The molecule has 1 fully saturated rings. The van der Waals surface area contributed by atoms with Crippen molar-refractivity contribution in [3.05, 3.63) is 77.7 Å². The predicted octanol–water partition coefficient (Wildman–Crippen LogP) is 6.54. The standard InChI is InChI=1S/C28H27F4N3O3/c1-17-10-23(21-14-34-35(24(21)11-17)19-6-5-7-20(13-19)36-3)33-16-27(28(30,31)32)15-26(2,38-27)22-12-18(29)8-9-25(22)37-4/h5-14,33H,15-16H2,1-4H3. The van der Waals surface area contributed by atoms with Gasteiger partial charge in [0.15, 0.2) is 5.60 Å². The third-order valence-electron chi connectivity index (χ3n) is 6.99. The number of hydrogen-bond donors (Lipinski definition) is 1. The molecule has 6 nitrogen and oxygen atoms in total. The predicted molar refractivity (Wildman–Crippen MR) is 136 cm³/mol. The van der Waals surface area contributed by atoms with Crippen LogP contribution in [0.15, 0.2) is 60.8 Å². The van der Waals surface area contributed by atoms with Gasteiger partial charge in [-0.15, -0.1) is 0 Å². The summed E-state index contributed by atoms with van der Waals surface area (Å²) in [5.74, 6) is 0.343. The average molecular weight is 530 g/mol. The Morgan fingerprint density at radius 1 is 1.08 bits per heavy atom. The van der Waals surface area contributed by atoms with Gasteiger partial charge in [0.2, 0.25) is 0 Å². The van der Waals surface area contributed by atoms with Crippen LogP contribution in [-0.2, 0) is 10.3 Å². The van der Waals surface area contributed by atoms with Crippen LogP contribution in [0, 0.1) is 12.7 Å². The normalized spacial score (nSPS) is 21.3. The number of fused-ring (bicyclic) bond motifs is 1. The van der Waals surface area contributed by atoms with E-state index in [-0.39, 0.29) is 11.3 Å². The first-order valence-electron chi connectivity index (χ1n) is 12.0. The molecule has 3 aromatic carbocycles. The number of aryl methyl sites for hydroxylation is 1. The number of halogens is 4. The fourth-order valence-electron chi connectivity index (χ4n) is 5.17. The first-order chi connectivity index (χ1) is 18.0. The fourth-order valence-corrected chi connectivity index (χ4v) is 5.17. The highest BCUT2D eigenvalue weighted by Gasteiger charge is 2.68. The van der Waals surface area contributed by atoms with Crippen LogP contribution in [0.1, 0.15) is 24.5 Å². The lowest BCUT2D eigenvalue weighted by Gasteiger charge is -2.55. The maximum absolute atomic E-state index is 14.4. The topological polar surface area (TPSA) is 57.5 Å². The van der Waals surface area contributed by atoms with Crippen LogP contribution < -0.4 is 14.8 Å². The molecule has 1 aliphatic rings. The van der Waals surface area contributed by atoms with Gasteiger partial charge in [-0.25, -0.2) is 9.07 Å². The van der Waals surface area contributed by atoms with E-state index in [0.717, 1.165) is 22.8 Å². The highest BCUT2D eigenvalue weighted by molar-refractivity contribution is 5.93. The third kappa shape index (κ3) is 4.32. The van der Waals surface area contributed by atoms with Gasteiger partial charge >= 0.3 is 6.18 Å². The van der Waals surface area contributed by atoms with Crippen LogP contribution in [0.3, 0.4) is 0 Å². The Bertz CT molecular complexity index is 1490. The summed E-state index contributed by atoms with van der Waals surface area (Å²) < 4.78 is 75.0. The van der Waals surface area contributed by atoms with Crippen LogP contribution in [0.4, 0.5) is 23.2 Å². The minimum absolute atomic E-state index is 0.234. The number of anilines is 1. The van der Waals surface area contributed by atoms with Gasteiger partial charge in [-0.2, -0.15) is 18.3 Å². The summed E-state index contributed by atoms with van der Waals surface area (Å²) in [6.45, 7) is 2.84. The smallest absolute Gasteiger partial charge is 0.419 e. The molecule has 2 unspecified atom stereocenters. The van der Waals surface area contributed by atoms with Gasteiger partial charge in [-0.1, -0.05) is 6.07 Å². The summed E-state index contributed by atoms with van der Waals surface area (Å²) in [7, 11) is 2.95. The lowest BCUT2D eigenvalue weighted by molar-refractivity contribution is -0.380. The number of ether oxygens (including phenoxy) is 3. The van der Waals surface area contributed by atoms with Crippen LogP contribution in [0.25, 0.3) is 16.6 Å². The Hall–Kier alpha value is -3.79. The average Bonchev–Trinajstić information content (AvgIpc) is 3.28. The Morgan fingerprint density at radius 2 is 1.84 bits per heavy atom. The van der Waals surface area contributed by atoms with E-state index in [1.54, 1.807) is 24.1 Å². The highest BCUT2D eigenvalue weighted by atomic mass is 19.4. The van der Waals surface area contributed by atoms with Crippen molar-refractivity contribution in [2.45, 2.75) is 37.6 Å². The van der Waals surface area contributed by atoms with Crippen LogP contribution in [-0.4, -0.2) is 42.3 Å².